The molecule has 0 aliphatic carbocycles. The van der Waals surface area contributed by atoms with Crippen LogP contribution in [0.15, 0.2) is 23.0 Å². The van der Waals surface area contributed by atoms with Crippen LogP contribution in [0.2, 0.25) is 0 Å². The first-order chi connectivity index (χ1) is 7.77. The predicted octanol–water partition coefficient (Wildman–Crippen LogP) is 2.05. The fourth-order valence-electron chi connectivity index (χ4n) is 1.47. The molecule has 0 bridgehead atoms. The monoisotopic (exact) mass is 225 g/mol. The lowest BCUT2D eigenvalue weighted by atomic mass is 10.2. The Hall–Kier alpha value is -1.29. The standard InChI is InChI=1S/C12H19NO3/c1-3-4-12(14)13(6-8-15-2)9-11-5-7-16-10-11/h5,7,10H,3-4,6,8-9H2,1-2H3. The molecule has 0 spiro atoms. The summed E-state index contributed by atoms with van der Waals surface area (Å²) in [6.07, 6.45) is 4.74. The van der Waals surface area contributed by atoms with Gasteiger partial charge in [-0.05, 0) is 12.5 Å². The van der Waals surface area contributed by atoms with Crippen LogP contribution in [-0.4, -0.2) is 31.1 Å². The van der Waals surface area contributed by atoms with Crippen molar-refractivity contribution in [2.45, 2.75) is 26.3 Å². The van der Waals surface area contributed by atoms with E-state index >= 15 is 0 Å². The number of carbonyl (C=O) groups is 1. The molecule has 1 aromatic heterocycles. The van der Waals surface area contributed by atoms with Gasteiger partial charge in [-0.15, -0.1) is 0 Å². The molecule has 1 aromatic rings. The maximum absolute atomic E-state index is 11.8. The second-order valence-electron chi connectivity index (χ2n) is 3.69. The molecule has 0 unspecified atom stereocenters. The van der Waals surface area contributed by atoms with Crippen LogP contribution in [0.3, 0.4) is 0 Å². The van der Waals surface area contributed by atoms with Crippen LogP contribution in [0, 0.1) is 0 Å². The summed E-state index contributed by atoms with van der Waals surface area (Å²) in [4.78, 5) is 13.6. The van der Waals surface area contributed by atoms with Crippen LogP contribution >= 0.6 is 0 Å². The number of nitrogens with zero attached hydrogens (tertiary/aromatic N) is 1. The highest BCUT2D eigenvalue weighted by Crippen LogP contribution is 2.07. The maximum atomic E-state index is 11.8. The van der Waals surface area contributed by atoms with E-state index in [1.807, 2.05) is 13.0 Å². The van der Waals surface area contributed by atoms with Crippen LogP contribution in [0.4, 0.5) is 0 Å². The van der Waals surface area contributed by atoms with Gasteiger partial charge in [0.25, 0.3) is 0 Å². The normalized spacial score (nSPS) is 10.4. The van der Waals surface area contributed by atoms with Gasteiger partial charge >= 0.3 is 0 Å². The summed E-state index contributed by atoms with van der Waals surface area (Å²) in [5.41, 5.74) is 1.01. The number of furan rings is 1. The molecule has 0 fully saturated rings. The molecule has 0 N–H and O–H groups in total. The summed E-state index contributed by atoms with van der Waals surface area (Å²) in [5, 5.41) is 0. The summed E-state index contributed by atoms with van der Waals surface area (Å²) in [5.74, 6) is 0.167. The topological polar surface area (TPSA) is 42.7 Å². The highest BCUT2D eigenvalue weighted by molar-refractivity contribution is 5.76. The third-order valence-corrected chi connectivity index (χ3v) is 2.34. The molecule has 4 nitrogen and oxygen atoms in total. The van der Waals surface area contributed by atoms with E-state index in [1.54, 1.807) is 24.5 Å². The summed E-state index contributed by atoms with van der Waals surface area (Å²) in [6.45, 7) is 3.79. The van der Waals surface area contributed by atoms with Crippen LogP contribution in [0.1, 0.15) is 25.3 Å². The molecular weight excluding hydrogens is 206 g/mol. The van der Waals surface area contributed by atoms with E-state index < -0.39 is 0 Å². The number of rotatable bonds is 7. The van der Waals surface area contributed by atoms with E-state index in [0.29, 0.717) is 26.1 Å². The molecule has 0 saturated heterocycles. The van der Waals surface area contributed by atoms with Crippen molar-refractivity contribution < 1.29 is 13.9 Å². The van der Waals surface area contributed by atoms with Crippen molar-refractivity contribution in [3.05, 3.63) is 24.2 Å². The first-order valence-corrected chi connectivity index (χ1v) is 5.55. The highest BCUT2D eigenvalue weighted by atomic mass is 16.5. The summed E-state index contributed by atoms with van der Waals surface area (Å²) in [6, 6.07) is 1.87. The minimum atomic E-state index is 0.167. The molecule has 16 heavy (non-hydrogen) atoms. The lowest BCUT2D eigenvalue weighted by molar-refractivity contribution is -0.132. The van der Waals surface area contributed by atoms with E-state index in [2.05, 4.69) is 0 Å². The average Bonchev–Trinajstić information content (AvgIpc) is 2.77. The zero-order chi connectivity index (χ0) is 11.8. The molecule has 90 valence electrons. The summed E-state index contributed by atoms with van der Waals surface area (Å²) < 4.78 is 9.99. The largest absolute Gasteiger partial charge is 0.472 e. The molecule has 0 aliphatic heterocycles. The maximum Gasteiger partial charge on any atom is 0.222 e. The Morgan fingerprint density at radius 3 is 2.94 bits per heavy atom. The number of amides is 1. The molecule has 4 heteroatoms. The Kier molecular flexibility index (Phi) is 5.64. The van der Waals surface area contributed by atoms with Crippen molar-refractivity contribution in [2.75, 3.05) is 20.3 Å². The van der Waals surface area contributed by atoms with Crippen LogP contribution in [0.5, 0.6) is 0 Å². The van der Waals surface area contributed by atoms with Crippen LogP contribution in [-0.2, 0) is 16.1 Å². The van der Waals surface area contributed by atoms with E-state index in [-0.39, 0.29) is 5.91 Å². The Balaban J connectivity index is 2.52. The highest BCUT2D eigenvalue weighted by Gasteiger charge is 2.13. The van der Waals surface area contributed by atoms with Crippen molar-refractivity contribution in [1.82, 2.24) is 4.90 Å². The molecule has 0 saturated carbocycles. The quantitative estimate of drug-likeness (QED) is 0.713. The second-order valence-corrected chi connectivity index (χ2v) is 3.69. The number of hydrogen-bond donors (Lipinski definition) is 0. The third kappa shape index (κ3) is 4.06. The van der Waals surface area contributed by atoms with Gasteiger partial charge in [0, 0.05) is 32.2 Å². The lowest BCUT2D eigenvalue weighted by Crippen LogP contribution is -2.33. The van der Waals surface area contributed by atoms with Gasteiger partial charge in [-0.2, -0.15) is 0 Å². The van der Waals surface area contributed by atoms with E-state index in [1.165, 1.54) is 0 Å². The van der Waals surface area contributed by atoms with Gasteiger partial charge in [0.15, 0.2) is 0 Å². The molecular formula is C12H19NO3. The molecule has 1 heterocycles. The Bertz CT molecular complexity index is 295. The molecule has 0 aliphatic rings. The molecule has 0 aromatic carbocycles. The van der Waals surface area contributed by atoms with Gasteiger partial charge in [0.2, 0.25) is 5.91 Å². The van der Waals surface area contributed by atoms with E-state index in [4.69, 9.17) is 9.15 Å². The molecule has 0 radical (unpaired) electrons. The Morgan fingerprint density at radius 1 is 1.56 bits per heavy atom. The lowest BCUT2D eigenvalue weighted by Gasteiger charge is -2.21. The molecule has 0 atom stereocenters. The Morgan fingerprint density at radius 2 is 2.38 bits per heavy atom. The van der Waals surface area contributed by atoms with Crippen molar-refractivity contribution in [3.63, 3.8) is 0 Å². The third-order valence-electron chi connectivity index (χ3n) is 2.34. The van der Waals surface area contributed by atoms with Crippen molar-refractivity contribution in [3.8, 4) is 0 Å². The van der Waals surface area contributed by atoms with Crippen LogP contribution < -0.4 is 0 Å². The van der Waals surface area contributed by atoms with Crippen molar-refractivity contribution in [2.24, 2.45) is 0 Å². The molecule has 1 amide bonds. The number of methoxy groups -OCH3 is 1. The van der Waals surface area contributed by atoms with Gasteiger partial charge in [0.1, 0.15) is 0 Å². The van der Waals surface area contributed by atoms with Gasteiger partial charge in [-0.3, -0.25) is 4.79 Å². The predicted molar refractivity (Wildman–Crippen MR) is 60.9 cm³/mol. The van der Waals surface area contributed by atoms with E-state index in [9.17, 15) is 4.79 Å². The van der Waals surface area contributed by atoms with Gasteiger partial charge < -0.3 is 14.1 Å². The van der Waals surface area contributed by atoms with Crippen molar-refractivity contribution in [1.29, 1.82) is 0 Å². The summed E-state index contributed by atoms with van der Waals surface area (Å²) >= 11 is 0. The van der Waals surface area contributed by atoms with E-state index in [0.717, 1.165) is 12.0 Å². The smallest absolute Gasteiger partial charge is 0.222 e. The van der Waals surface area contributed by atoms with Gasteiger partial charge in [-0.25, -0.2) is 0 Å². The first kappa shape index (κ1) is 12.8. The Labute approximate surface area is 96.2 Å². The minimum Gasteiger partial charge on any atom is -0.472 e. The van der Waals surface area contributed by atoms with Gasteiger partial charge in [0.05, 0.1) is 19.1 Å². The summed E-state index contributed by atoms with van der Waals surface area (Å²) in [7, 11) is 1.64. The van der Waals surface area contributed by atoms with Gasteiger partial charge in [-0.1, -0.05) is 6.92 Å². The number of hydrogen-bond acceptors (Lipinski definition) is 3. The number of ether oxygens (including phenoxy) is 1. The zero-order valence-electron chi connectivity index (χ0n) is 9.94. The fraction of sp³-hybridized carbons (Fsp3) is 0.583. The van der Waals surface area contributed by atoms with Crippen molar-refractivity contribution >= 4 is 5.91 Å². The minimum absolute atomic E-state index is 0.167. The first-order valence-electron chi connectivity index (χ1n) is 5.55. The fourth-order valence-corrected chi connectivity index (χ4v) is 1.47. The van der Waals surface area contributed by atoms with Crippen LogP contribution in [0.25, 0.3) is 0 Å². The second kappa shape index (κ2) is 7.06. The molecule has 1 rings (SSSR count). The number of carbonyl (C=O) groups excluding carboxylic acids is 1. The average molecular weight is 225 g/mol. The SMILES string of the molecule is CCCC(=O)N(CCOC)Cc1ccoc1. The zero-order valence-corrected chi connectivity index (χ0v) is 9.94.